The first kappa shape index (κ1) is 13.4. The van der Waals surface area contributed by atoms with E-state index in [0.29, 0.717) is 18.0 Å². The summed E-state index contributed by atoms with van der Waals surface area (Å²) >= 11 is 5.98. The van der Waals surface area contributed by atoms with Crippen LogP contribution in [0, 0.1) is 12.7 Å². The first-order valence-corrected chi connectivity index (χ1v) is 6.92. The summed E-state index contributed by atoms with van der Waals surface area (Å²) in [5, 5.41) is 0.667. The van der Waals surface area contributed by atoms with Gasteiger partial charge in [-0.1, -0.05) is 17.7 Å². The molecule has 3 rings (SSSR count). The molecule has 1 aliphatic rings. The molecule has 2 N–H and O–H groups in total. The standard InChI is InChI=1S/C16H15ClFNO/c1-9-4-11(17)2-3-14(9)15-7-12(18)5-10-6-13(8-19)20-16(10)15/h2-5,7,13H,6,8,19H2,1H3/t13-/m1/s1. The molecular formula is C16H15ClFNO. The van der Waals surface area contributed by atoms with E-state index in [-0.39, 0.29) is 11.9 Å². The average Bonchev–Trinajstić information content (AvgIpc) is 2.81. The highest BCUT2D eigenvalue weighted by molar-refractivity contribution is 6.30. The fourth-order valence-electron chi connectivity index (χ4n) is 2.66. The van der Waals surface area contributed by atoms with Crippen molar-refractivity contribution in [1.29, 1.82) is 0 Å². The van der Waals surface area contributed by atoms with Crippen LogP contribution in [-0.2, 0) is 6.42 Å². The van der Waals surface area contributed by atoms with Gasteiger partial charge in [0.15, 0.2) is 0 Å². The molecule has 0 spiro atoms. The molecule has 2 nitrogen and oxygen atoms in total. The molecule has 0 amide bonds. The molecule has 0 bridgehead atoms. The SMILES string of the molecule is Cc1cc(Cl)ccc1-c1cc(F)cc2c1O[C@@H](CN)C2. The normalized spacial score (nSPS) is 16.9. The van der Waals surface area contributed by atoms with E-state index in [1.165, 1.54) is 12.1 Å². The molecule has 20 heavy (non-hydrogen) atoms. The van der Waals surface area contributed by atoms with Crippen molar-refractivity contribution in [3.63, 3.8) is 0 Å². The first-order valence-electron chi connectivity index (χ1n) is 6.54. The fourth-order valence-corrected chi connectivity index (χ4v) is 2.88. The van der Waals surface area contributed by atoms with Crippen LogP contribution in [0.4, 0.5) is 4.39 Å². The van der Waals surface area contributed by atoms with E-state index in [9.17, 15) is 4.39 Å². The number of hydrogen-bond acceptors (Lipinski definition) is 2. The molecule has 0 aromatic heterocycles. The molecule has 1 heterocycles. The van der Waals surface area contributed by atoms with Gasteiger partial charge in [-0.3, -0.25) is 0 Å². The average molecular weight is 292 g/mol. The monoisotopic (exact) mass is 291 g/mol. The molecule has 0 saturated carbocycles. The Balaban J connectivity index is 2.15. The zero-order chi connectivity index (χ0) is 14.3. The second kappa shape index (κ2) is 5.08. The molecule has 104 valence electrons. The smallest absolute Gasteiger partial charge is 0.131 e. The molecular weight excluding hydrogens is 277 g/mol. The van der Waals surface area contributed by atoms with Crippen LogP contribution < -0.4 is 10.5 Å². The summed E-state index contributed by atoms with van der Waals surface area (Å²) in [5.41, 5.74) is 9.23. The highest BCUT2D eigenvalue weighted by Gasteiger charge is 2.26. The van der Waals surface area contributed by atoms with Crippen LogP contribution in [0.1, 0.15) is 11.1 Å². The Labute approximate surface area is 122 Å². The Kier molecular flexibility index (Phi) is 3.40. The van der Waals surface area contributed by atoms with Crippen LogP contribution in [0.25, 0.3) is 11.1 Å². The van der Waals surface area contributed by atoms with Crippen molar-refractivity contribution in [2.24, 2.45) is 5.73 Å². The van der Waals surface area contributed by atoms with Crippen LogP contribution in [0.5, 0.6) is 5.75 Å². The molecule has 2 aromatic carbocycles. The Bertz CT molecular complexity index is 672. The fraction of sp³-hybridized carbons (Fsp3) is 0.250. The summed E-state index contributed by atoms with van der Waals surface area (Å²) in [5.74, 6) is 0.488. The third-order valence-electron chi connectivity index (χ3n) is 3.60. The van der Waals surface area contributed by atoms with Crippen LogP contribution in [0.15, 0.2) is 30.3 Å². The Morgan fingerprint density at radius 2 is 2.10 bits per heavy atom. The predicted octanol–water partition coefficient (Wildman–Crippen LogP) is 3.72. The van der Waals surface area contributed by atoms with Crippen LogP contribution >= 0.6 is 11.6 Å². The van der Waals surface area contributed by atoms with Crippen LogP contribution in [0.2, 0.25) is 5.02 Å². The summed E-state index contributed by atoms with van der Waals surface area (Å²) in [4.78, 5) is 0. The number of ether oxygens (including phenoxy) is 1. The summed E-state index contributed by atoms with van der Waals surface area (Å²) in [6.07, 6.45) is 0.585. The third-order valence-corrected chi connectivity index (χ3v) is 3.84. The van der Waals surface area contributed by atoms with Gasteiger partial charge in [0.05, 0.1) is 0 Å². The van der Waals surface area contributed by atoms with Gasteiger partial charge in [0.1, 0.15) is 17.7 Å². The Morgan fingerprint density at radius 3 is 2.80 bits per heavy atom. The topological polar surface area (TPSA) is 35.2 Å². The highest BCUT2D eigenvalue weighted by Crippen LogP contribution is 2.41. The van der Waals surface area contributed by atoms with Crippen molar-refractivity contribution in [3.8, 4) is 16.9 Å². The lowest BCUT2D eigenvalue weighted by atomic mass is 9.97. The number of aryl methyl sites for hydroxylation is 1. The zero-order valence-electron chi connectivity index (χ0n) is 11.1. The Hall–Kier alpha value is -1.58. The molecule has 2 aromatic rings. The zero-order valence-corrected chi connectivity index (χ0v) is 11.9. The summed E-state index contributed by atoms with van der Waals surface area (Å²) < 4.78 is 19.7. The van der Waals surface area contributed by atoms with E-state index in [1.807, 2.05) is 19.1 Å². The number of nitrogens with two attached hydrogens (primary N) is 1. The summed E-state index contributed by atoms with van der Waals surface area (Å²) in [6, 6.07) is 8.60. The van der Waals surface area contributed by atoms with Crippen molar-refractivity contribution in [1.82, 2.24) is 0 Å². The molecule has 1 atom stereocenters. The second-order valence-corrected chi connectivity index (χ2v) is 5.52. The van der Waals surface area contributed by atoms with Gasteiger partial charge in [-0.05, 0) is 42.3 Å². The summed E-state index contributed by atoms with van der Waals surface area (Å²) in [7, 11) is 0. The van der Waals surface area contributed by atoms with Crippen molar-refractivity contribution in [2.75, 3.05) is 6.54 Å². The lowest BCUT2D eigenvalue weighted by Gasteiger charge is -2.13. The summed E-state index contributed by atoms with van der Waals surface area (Å²) in [6.45, 7) is 2.38. The van der Waals surface area contributed by atoms with Gasteiger partial charge < -0.3 is 10.5 Å². The van der Waals surface area contributed by atoms with Gasteiger partial charge in [0, 0.05) is 29.1 Å². The van der Waals surface area contributed by atoms with Crippen molar-refractivity contribution >= 4 is 11.6 Å². The minimum absolute atomic E-state index is 0.0712. The molecule has 4 heteroatoms. The third kappa shape index (κ3) is 2.28. The number of benzene rings is 2. The van der Waals surface area contributed by atoms with Gasteiger partial charge in [-0.25, -0.2) is 4.39 Å². The number of rotatable bonds is 2. The van der Waals surface area contributed by atoms with Crippen molar-refractivity contribution < 1.29 is 9.13 Å². The van der Waals surface area contributed by atoms with E-state index in [0.717, 1.165) is 28.0 Å². The van der Waals surface area contributed by atoms with E-state index in [1.54, 1.807) is 6.07 Å². The molecule has 0 fully saturated rings. The van der Waals surface area contributed by atoms with Gasteiger partial charge in [0.25, 0.3) is 0 Å². The first-order chi connectivity index (χ1) is 9.58. The maximum absolute atomic E-state index is 13.8. The number of halogens is 2. The van der Waals surface area contributed by atoms with Gasteiger partial charge >= 0.3 is 0 Å². The molecule has 0 unspecified atom stereocenters. The lowest BCUT2D eigenvalue weighted by Crippen LogP contribution is -2.24. The van der Waals surface area contributed by atoms with E-state index in [2.05, 4.69) is 0 Å². The number of fused-ring (bicyclic) bond motifs is 1. The van der Waals surface area contributed by atoms with Gasteiger partial charge in [0.2, 0.25) is 0 Å². The minimum Gasteiger partial charge on any atom is -0.488 e. The lowest BCUT2D eigenvalue weighted by molar-refractivity contribution is 0.242. The Morgan fingerprint density at radius 1 is 1.30 bits per heavy atom. The van der Waals surface area contributed by atoms with Gasteiger partial charge in [-0.15, -0.1) is 0 Å². The largest absolute Gasteiger partial charge is 0.488 e. The van der Waals surface area contributed by atoms with Crippen molar-refractivity contribution in [3.05, 3.63) is 52.3 Å². The predicted molar refractivity (Wildman–Crippen MR) is 78.8 cm³/mol. The minimum atomic E-state index is -0.255. The maximum atomic E-state index is 13.8. The molecule has 0 aliphatic carbocycles. The quantitative estimate of drug-likeness (QED) is 0.915. The molecule has 1 aliphatic heterocycles. The van der Waals surface area contributed by atoms with Crippen LogP contribution in [-0.4, -0.2) is 12.6 Å². The number of hydrogen-bond donors (Lipinski definition) is 1. The van der Waals surface area contributed by atoms with Gasteiger partial charge in [-0.2, -0.15) is 0 Å². The van der Waals surface area contributed by atoms with Crippen LogP contribution in [0.3, 0.4) is 0 Å². The molecule has 0 saturated heterocycles. The highest BCUT2D eigenvalue weighted by atomic mass is 35.5. The maximum Gasteiger partial charge on any atom is 0.131 e. The van der Waals surface area contributed by atoms with E-state index < -0.39 is 0 Å². The molecule has 0 radical (unpaired) electrons. The second-order valence-electron chi connectivity index (χ2n) is 5.08. The van der Waals surface area contributed by atoms with Crippen molar-refractivity contribution in [2.45, 2.75) is 19.4 Å². The van der Waals surface area contributed by atoms with E-state index in [4.69, 9.17) is 22.1 Å². The van der Waals surface area contributed by atoms with E-state index >= 15 is 0 Å².